The van der Waals surface area contributed by atoms with Crippen LogP contribution in [0.15, 0.2) is 59.8 Å². The van der Waals surface area contributed by atoms with Crippen LogP contribution in [0, 0.1) is 15.5 Å². The summed E-state index contributed by atoms with van der Waals surface area (Å²) in [5, 5.41) is 22.6. The molecule has 1 aromatic heterocycles. The Labute approximate surface area is 204 Å². The van der Waals surface area contributed by atoms with Gasteiger partial charge < -0.3 is 4.74 Å². The topological polar surface area (TPSA) is 123 Å². The van der Waals surface area contributed by atoms with E-state index in [4.69, 9.17) is 4.74 Å². The number of hydrogen-bond acceptors (Lipinski definition) is 6. The van der Waals surface area contributed by atoms with Crippen LogP contribution in [0.4, 0.5) is 5.69 Å². The third-order valence-electron chi connectivity index (χ3n) is 5.39. The largest absolute Gasteiger partial charge is 0.477 e. The van der Waals surface area contributed by atoms with Crippen molar-refractivity contribution >= 4 is 17.8 Å². The molecule has 184 valence electrons. The lowest BCUT2D eigenvalue weighted by molar-refractivity contribution is -0.385. The Kier molecular flexibility index (Phi) is 7.68. The minimum absolute atomic E-state index is 0.0330. The smallest absolute Gasteiger partial charge is 0.311 e. The van der Waals surface area contributed by atoms with E-state index in [1.165, 1.54) is 12.3 Å². The quantitative estimate of drug-likeness (QED) is 0.248. The van der Waals surface area contributed by atoms with Crippen LogP contribution >= 0.6 is 0 Å². The van der Waals surface area contributed by atoms with Crippen molar-refractivity contribution in [3.8, 4) is 17.0 Å². The summed E-state index contributed by atoms with van der Waals surface area (Å²) in [6.07, 6.45) is 3.92. The van der Waals surface area contributed by atoms with E-state index in [9.17, 15) is 14.9 Å². The van der Waals surface area contributed by atoms with Crippen molar-refractivity contribution in [3.63, 3.8) is 0 Å². The molecule has 3 rings (SSSR count). The number of benzene rings is 2. The second-order valence-electron chi connectivity index (χ2n) is 10.2. The number of ether oxygens (including phenoxy) is 1. The number of carbonyl (C=O) groups is 1. The molecular formula is C26H31N5O4. The molecule has 0 saturated carbocycles. The normalized spacial score (nSPS) is 12.0. The highest BCUT2D eigenvalue weighted by Gasteiger charge is 2.29. The van der Waals surface area contributed by atoms with E-state index < -0.39 is 17.4 Å². The Hall–Kier alpha value is -4.01. The van der Waals surface area contributed by atoms with E-state index in [-0.39, 0.29) is 22.3 Å². The van der Waals surface area contributed by atoms with Crippen LogP contribution in [0.2, 0.25) is 0 Å². The van der Waals surface area contributed by atoms with Crippen LogP contribution in [0.5, 0.6) is 5.75 Å². The number of carbonyl (C=O) groups excluding carboxylic acids is 1. The van der Waals surface area contributed by atoms with E-state index in [0.717, 1.165) is 23.2 Å². The molecule has 2 aromatic carbocycles. The third kappa shape index (κ3) is 6.99. The summed E-state index contributed by atoms with van der Waals surface area (Å²) < 4.78 is 5.46. The van der Waals surface area contributed by atoms with E-state index in [2.05, 4.69) is 55.3 Å². The molecule has 2 N–H and O–H groups in total. The standard InChI is InChI=1S/C26H31N5O4/c1-25(2,3)17-26(4,5)20-11-12-22(21(13-20)31(33)34)35-16-23(32)29-27-14-19-15-28-30-24(19)18-9-7-6-8-10-18/h6-15H,16-17H2,1-5H3,(H,28,30)(H,29,32). The molecule has 0 aliphatic carbocycles. The molecule has 0 unspecified atom stereocenters. The first kappa shape index (κ1) is 25.6. The van der Waals surface area contributed by atoms with E-state index in [1.807, 2.05) is 36.4 Å². The van der Waals surface area contributed by atoms with Crippen molar-refractivity contribution in [2.75, 3.05) is 6.61 Å². The molecule has 0 aliphatic rings. The van der Waals surface area contributed by atoms with Gasteiger partial charge in [-0.3, -0.25) is 20.0 Å². The first-order valence-electron chi connectivity index (χ1n) is 11.3. The van der Waals surface area contributed by atoms with E-state index in [0.29, 0.717) is 5.56 Å². The maximum absolute atomic E-state index is 12.2. The maximum Gasteiger partial charge on any atom is 0.311 e. The summed E-state index contributed by atoms with van der Waals surface area (Å²) in [5.74, 6) is -0.511. The molecule has 0 bridgehead atoms. The molecule has 9 heteroatoms. The zero-order valence-electron chi connectivity index (χ0n) is 20.7. The molecule has 9 nitrogen and oxygen atoms in total. The number of H-pyrrole nitrogens is 1. The Morgan fingerprint density at radius 3 is 2.54 bits per heavy atom. The number of nitro benzene ring substituents is 1. The van der Waals surface area contributed by atoms with Crippen LogP contribution in [0.3, 0.4) is 0 Å². The number of nitrogens with one attached hydrogen (secondary N) is 2. The molecule has 0 spiro atoms. The van der Waals surface area contributed by atoms with Crippen LogP contribution in [0.1, 0.15) is 52.2 Å². The average Bonchev–Trinajstić information content (AvgIpc) is 3.25. The molecule has 0 atom stereocenters. The molecule has 35 heavy (non-hydrogen) atoms. The van der Waals surface area contributed by atoms with Gasteiger partial charge in [-0.2, -0.15) is 10.2 Å². The van der Waals surface area contributed by atoms with Gasteiger partial charge in [0.15, 0.2) is 12.4 Å². The van der Waals surface area contributed by atoms with Gasteiger partial charge in [-0.25, -0.2) is 5.43 Å². The van der Waals surface area contributed by atoms with E-state index in [1.54, 1.807) is 12.3 Å². The Balaban J connectivity index is 1.64. The first-order valence-corrected chi connectivity index (χ1v) is 11.3. The highest BCUT2D eigenvalue weighted by atomic mass is 16.6. The molecule has 1 heterocycles. The van der Waals surface area contributed by atoms with Crippen molar-refractivity contribution in [3.05, 3.63) is 76.0 Å². The minimum Gasteiger partial charge on any atom is -0.477 e. The second-order valence-corrected chi connectivity index (χ2v) is 10.2. The summed E-state index contributed by atoms with van der Waals surface area (Å²) >= 11 is 0. The minimum atomic E-state index is -0.544. The lowest BCUT2D eigenvalue weighted by Crippen LogP contribution is -2.26. The highest BCUT2D eigenvalue weighted by molar-refractivity contribution is 5.89. The molecule has 3 aromatic rings. The SMILES string of the molecule is CC(C)(C)CC(C)(C)c1ccc(OCC(=O)NN=Cc2cn[nH]c2-c2ccccc2)c([N+](=O)[O-])c1. The van der Waals surface area contributed by atoms with Gasteiger partial charge in [-0.15, -0.1) is 0 Å². The Morgan fingerprint density at radius 2 is 1.89 bits per heavy atom. The van der Waals surface area contributed by atoms with E-state index >= 15 is 0 Å². The molecule has 0 aliphatic heterocycles. The monoisotopic (exact) mass is 477 g/mol. The summed E-state index contributed by atoms with van der Waals surface area (Å²) in [6.45, 7) is 10.1. The molecule has 0 radical (unpaired) electrons. The van der Waals surface area contributed by atoms with Gasteiger partial charge in [0.1, 0.15) is 0 Å². The zero-order valence-corrected chi connectivity index (χ0v) is 20.7. The second kappa shape index (κ2) is 10.5. The van der Waals surface area contributed by atoms with Crippen molar-refractivity contribution in [2.45, 2.75) is 46.5 Å². The molecule has 0 fully saturated rings. The van der Waals surface area contributed by atoms with Crippen molar-refractivity contribution in [2.24, 2.45) is 10.5 Å². The van der Waals surface area contributed by atoms with Gasteiger partial charge in [0.25, 0.3) is 5.91 Å². The Morgan fingerprint density at radius 1 is 1.17 bits per heavy atom. The maximum atomic E-state index is 12.2. The number of hydrogen-bond donors (Lipinski definition) is 2. The number of aromatic nitrogens is 2. The fourth-order valence-electron chi connectivity index (χ4n) is 4.21. The van der Waals surface area contributed by atoms with Gasteiger partial charge in [0.05, 0.1) is 23.0 Å². The van der Waals surface area contributed by atoms with Gasteiger partial charge in [-0.05, 0) is 28.9 Å². The number of aromatic amines is 1. The summed E-state index contributed by atoms with van der Waals surface area (Å²) in [4.78, 5) is 23.4. The number of amides is 1. The number of hydrazone groups is 1. The zero-order chi connectivity index (χ0) is 25.6. The molecule has 0 saturated heterocycles. The van der Waals surface area contributed by atoms with Crippen molar-refractivity contribution in [1.82, 2.24) is 15.6 Å². The van der Waals surface area contributed by atoms with Crippen molar-refractivity contribution in [1.29, 1.82) is 0 Å². The predicted octanol–water partition coefficient (Wildman–Crippen LogP) is 5.23. The lowest BCUT2D eigenvalue weighted by atomic mass is 9.72. The van der Waals surface area contributed by atoms with Crippen LogP contribution in [-0.2, 0) is 10.2 Å². The van der Waals surface area contributed by atoms with Gasteiger partial charge >= 0.3 is 5.69 Å². The van der Waals surface area contributed by atoms with Crippen LogP contribution in [0.25, 0.3) is 11.3 Å². The fourth-order valence-corrected chi connectivity index (χ4v) is 4.21. The highest BCUT2D eigenvalue weighted by Crippen LogP contribution is 2.39. The average molecular weight is 478 g/mol. The summed E-state index contributed by atoms with van der Waals surface area (Å²) in [6, 6.07) is 14.5. The van der Waals surface area contributed by atoms with Gasteiger partial charge in [0.2, 0.25) is 0 Å². The number of nitro groups is 1. The molecule has 1 amide bonds. The van der Waals surface area contributed by atoms with Crippen LogP contribution in [-0.4, -0.2) is 33.8 Å². The Bertz CT molecular complexity index is 1210. The van der Waals surface area contributed by atoms with Crippen molar-refractivity contribution < 1.29 is 14.5 Å². The predicted molar refractivity (Wildman–Crippen MR) is 135 cm³/mol. The van der Waals surface area contributed by atoms with Gasteiger partial charge in [0, 0.05) is 17.2 Å². The lowest BCUT2D eigenvalue weighted by Gasteiger charge is -2.33. The van der Waals surface area contributed by atoms with Crippen LogP contribution < -0.4 is 10.2 Å². The summed E-state index contributed by atoms with van der Waals surface area (Å²) in [7, 11) is 0. The van der Waals surface area contributed by atoms with Gasteiger partial charge in [-0.1, -0.05) is 71.0 Å². The number of rotatable bonds is 9. The fraction of sp³-hybridized carbons (Fsp3) is 0.346. The number of nitrogens with zero attached hydrogens (tertiary/aromatic N) is 3. The first-order chi connectivity index (χ1) is 16.5. The third-order valence-corrected chi connectivity index (χ3v) is 5.39. The molecular weight excluding hydrogens is 446 g/mol. The summed E-state index contributed by atoms with van der Waals surface area (Å²) in [5.41, 5.74) is 5.23.